The third-order valence-electron chi connectivity index (χ3n) is 3.47. The van der Waals surface area contributed by atoms with Crippen LogP contribution in [0.4, 0.5) is 5.13 Å². The number of thiazole rings is 1. The standard InChI is InChI=1S/C18H10Cl4N2O3S/c19-10-5-4-9(6-13(10)22)14-8-28-18(23-14)24-15(25)7-27-17(26)16-11(20)2-1-3-12(16)21/h1-6,8H,7H2,(H,23,24,25). The van der Waals surface area contributed by atoms with E-state index in [1.54, 1.807) is 29.6 Å². The molecule has 1 heterocycles. The molecule has 3 aromatic rings. The Morgan fingerprint density at radius 2 is 1.71 bits per heavy atom. The summed E-state index contributed by atoms with van der Waals surface area (Å²) < 4.78 is 4.97. The number of rotatable bonds is 5. The summed E-state index contributed by atoms with van der Waals surface area (Å²) in [6, 6.07) is 9.72. The van der Waals surface area contributed by atoms with Gasteiger partial charge in [-0.2, -0.15) is 0 Å². The Bertz CT molecular complexity index is 1030. The minimum absolute atomic E-state index is 0.00906. The van der Waals surface area contributed by atoms with Gasteiger partial charge in [-0.1, -0.05) is 58.5 Å². The van der Waals surface area contributed by atoms with Gasteiger partial charge >= 0.3 is 5.97 Å². The zero-order chi connectivity index (χ0) is 20.3. The SMILES string of the molecule is O=C(COC(=O)c1c(Cl)cccc1Cl)Nc1nc(-c2ccc(Cl)c(Cl)c2)cs1. The van der Waals surface area contributed by atoms with E-state index in [9.17, 15) is 9.59 Å². The van der Waals surface area contributed by atoms with Crippen LogP contribution in [-0.2, 0) is 9.53 Å². The first-order valence-electron chi connectivity index (χ1n) is 7.67. The first-order valence-corrected chi connectivity index (χ1v) is 10.1. The number of nitrogens with one attached hydrogen (secondary N) is 1. The fourth-order valence-electron chi connectivity index (χ4n) is 2.17. The number of halogens is 4. The summed E-state index contributed by atoms with van der Waals surface area (Å²) in [6.07, 6.45) is 0. The largest absolute Gasteiger partial charge is 0.452 e. The minimum Gasteiger partial charge on any atom is -0.452 e. The van der Waals surface area contributed by atoms with E-state index in [1.807, 2.05) is 0 Å². The van der Waals surface area contributed by atoms with E-state index in [0.29, 0.717) is 20.9 Å². The van der Waals surface area contributed by atoms with Gasteiger partial charge in [0, 0.05) is 10.9 Å². The van der Waals surface area contributed by atoms with E-state index >= 15 is 0 Å². The molecule has 0 aliphatic carbocycles. The number of anilines is 1. The summed E-state index contributed by atoms with van der Waals surface area (Å²) in [6.45, 7) is -0.512. The van der Waals surface area contributed by atoms with E-state index in [1.165, 1.54) is 23.5 Å². The average molecular weight is 476 g/mol. The number of aromatic nitrogens is 1. The Hall–Kier alpha value is -1.83. The Morgan fingerprint density at radius 3 is 2.39 bits per heavy atom. The zero-order valence-electron chi connectivity index (χ0n) is 13.8. The van der Waals surface area contributed by atoms with Crippen molar-refractivity contribution in [3.8, 4) is 11.3 Å². The van der Waals surface area contributed by atoms with Gasteiger partial charge in [0.2, 0.25) is 0 Å². The van der Waals surface area contributed by atoms with Gasteiger partial charge in [-0.15, -0.1) is 11.3 Å². The minimum atomic E-state index is -0.790. The van der Waals surface area contributed by atoms with Crippen LogP contribution in [0.3, 0.4) is 0 Å². The number of hydrogen-bond acceptors (Lipinski definition) is 5. The first kappa shape index (κ1) is 20.9. The molecule has 0 fully saturated rings. The van der Waals surface area contributed by atoms with Crippen molar-refractivity contribution in [3.05, 3.63) is 67.4 Å². The van der Waals surface area contributed by atoms with Crippen LogP contribution in [0, 0.1) is 0 Å². The molecule has 10 heteroatoms. The van der Waals surface area contributed by atoms with Crippen molar-refractivity contribution < 1.29 is 14.3 Å². The molecule has 1 aromatic heterocycles. The maximum absolute atomic E-state index is 12.1. The molecular formula is C18H10Cl4N2O3S. The second-order valence-corrected chi connectivity index (χ2v) is 7.87. The first-order chi connectivity index (χ1) is 13.3. The van der Waals surface area contributed by atoms with Crippen molar-refractivity contribution >= 4 is 74.7 Å². The predicted octanol–water partition coefficient (Wildman–Crippen LogP) is 6.22. The third kappa shape index (κ3) is 4.96. The van der Waals surface area contributed by atoms with Gasteiger partial charge in [-0.05, 0) is 24.3 Å². The average Bonchev–Trinajstić information content (AvgIpc) is 3.10. The topological polar surface area (TPSA) is 68.3 Å². The van der Waals surface area contributed by atoms with E-state index in [0.717, 1.165) is 5.56 Å². The van der Waals surface area contributed by atoms with Crippen LogP contribution >= 0.6 is 57.7 Å². The van der Waals surface area contributed by atoms with E-state index < -0.39 is 18.5 Å². The number of esters is 1. The maximum Gasteiger partial charge on any atom is 0.341 e. The van der Waals surface area contributed by atoms with Crippen LogP contribution in [0.15, 0.2) is 41.8 Å². The lowest BCUT2D eigenvalue weighted by Gasteiger charge is -2.07. The smallest absolute Gasteiger partial charge is 0.341 e. The molecule has 0 unspecified atom stereocenters. The van der Waals surface area contributed by atoms with Gasteiger partial charge in [0.1, 0.15) is 0 Å². The van der Waals surface area contributed by atoms with Crippen molar-refractivity contribution in [3.63, 3.8) is 0 Å². The number of hydrogen-bond donors (Lipinski definition) is 1. The summed E-state index contributed by atoms with van der Waals surface area (Å²) in [5, 5.41) is 5.79. The molecule has 0 atom stereocenters. The third-order valence-corrected chi connectivity index (χ3v) is 5.59. The van der Waals surface area contributed by atoms with Gasteiger partial charge in [0.25, 0.3) is 5.91 Å². The highest BCUT2D eigenvalue weighted by Crippen LogP contribution is 2.30. The van der Waals surface area contributed by atoms with Crippen molar-refractivity contribution in [2.75, 3.05) is 11.9 Å². The van der Waals surface area contributed by atoms with Crippen LogP contribution in [-0.4, -0.2) is 23.5 Å². The van der Waals surface area contributed by atoms with Gasteiger partial charge < -0.3 is 4.74 Å². The molecular weight excluding hydrogens is 466 g/mol. The monoisotopic (exact) mass is 474 g/mol. The second-order valence-electron chi connectivity index (χ2n) is 5.39. The molecule has 28 heavy (non-hydrogen) atoms. The van der Waals surface area contributed by atoms with Crippen molar-refractivity contribution in [2.45, 2.75) is 0 Å². The highest BCUT2D eigenvalue weighted by Gasteiger charge is 2.18. The van der Waals surface area contributed by atoms with Crippen LogP contribution in [0.25, 0.3) is 11.3 Å². The normalized spacial score (nSPS) is 10.6. The molecule has 0 saturated carbocycles. The van der Waals surface area contributed by atoms with Crippen molar-refractivity contribution in [2.24, 2.45) is 0 Å². The molecule has 0 aliphatic rings. The molecule has 0 radical (unpaired) electrons. The molecule has 144 valence electrons. The zero-order valence-corrected chi connectivity index (χ0v) is 17.7. The van der Waals surface area contributed by atoms with Crippen LogP contribution in [0.5, 0.6) is 0 Å². The van der Waals surface area contributed by atoms with Gasteiger partial charge in [0.05, 0.1) is 31.3 Å². The summed E-state index contributed by atoms with van der Waals surface area (Å²) in [4.78, 5) is 28.4. The fourth-order valence-corrected chi connectivity index (χ4v) is 3.76. The quantitative estimate of drug-likeness (QED) is 0.444. The summed E-state index contributed by atoms with van der Waals surface area (Å²) in [5.74, 6) is -1.34. The van der Waals surface area contributed by atoms with Crippen LogP contribution in [0.2, 0.25) is 20.1 Å². The summed E-state index contributed by atoms with van der Waals surface area (Å²) >= 11 is 25.0. The lowest BCUT2D eigenvalue weighted by Crippen LogP contribution is -2.21. The fraction of sp³-hybridized carbons (Fsp3) is 0.0556. The van der Waals surface area contributed by atoms with Gasteiger partial charge in [-0.25, -0.2) is 9.78 Å². The lowest BCUT2D eigenvalue weighted by atomic mass is 10.2. The molecule has 0 saturated heterocycles. The maximum atomic E-state index is 12.1. The summed E-state index contributed by atoms with van der Waals surface area (Å²) in [7, 11) is 0. The molecule has 0 aliphatic heterocycles. The van der Waals surface area contributed by atoms with E-state index in [4.69, 9.17) is 51.1 Å². The molecule has 0 bridgehead atoms. The Morgan fingerprint density at radius 1 is 1.00 bits per heavy atom. The van der Waals surface area contributed by atoms with Crippen molar-refractivity contribution in [1.82, 2.24) is 4.98 Å². The molecule has 2 aromatic carbocycles. The van der Waals surface area contributed by atoms with E-state index in [2.05, 4.69) is 10.3 Å². The van der Waals surface area contributed by atoms with Crippen LogP contribution in [0.1, 0.15) is 10.4 Å². The number of carbonyl (C=O) groups is 2. The van der Waals surface area contributed by atoms with E-state index in [-0.39, 0.29) is 15.6 Å². The predicted molar refractivity (Wildman–Crippen MR) is 113 cm³/mol. The molecule has 0 spiro atoms. The number of nitrogens with zero attached hydrogens (tertiary/aromatic N) is 1. The highest BCUT2D eigenvalue weighted by molar-refractivity contribution is 7.14. The molecule has 1 N–H and O–H groups in total. The highest BCUT2D eigenvalue weighted by atomic mass is 35.5. The van der Waals surface area contributed by atoms with Crippen LogP contribution < -0.4 is 5.32 Å². The second kappa shape index (κ2) is 9.11. The Kier molecular flexibility index (Phi) is 6.80. The van der Waals surface area contributed by atoms with Gasteiger partial charge in [0.15, 0.2) is 11.7 Å². The number of carbonyl (C=O) groups excluding carboxylic acids is 2. The summed E-state index contributed by atoms with van der Waals surface area (Å²) in [5.41, 5.74) is 1.39. The number of amides is 1. The molecule has 5 nitrogen and oxygen atoms in total. The Labute approximate surface area is 184 Å². The number of ether oxygens (including phenoxy) is 1. The lowest BCUT2D eigenvalue weighted by molar-refractivity contribution is -0.119. The molecule has 1 amide bonds. The van der Waals surface area contributed by atoms with Gasteiger partial charge in [-0.3, -0.25) is 10.1 Å². The van der Waals surface area contributed by atoms with Crippen molar-refractivity contribution in [1.29, 1.82) is 0 Å². The number of benzene rings is 2. The Balaban J connectivity index is 1.60. The molecule has 3 rings (SSSR count).